The van der Waals surface area contributed by atoms with Crippen molar-refractivity contribution in [1.29, 1.82) is 0 Å². The van der Waals surface area contributed by atoms with E-state index in [1.807, 2.05) is 6.92 Å². The van der Waals surface area contributed by atoms with E-state index in [1.165, 1.54) is 0 Å². The van der Waals surface area contributed by atoms with Crippen LogP contribution < -0.4 is 9.64 Å². The van der Waals surface area contributed by atoms with Gasteiger partial charge in [-0.2, -0.15) is 0 Å². The average Bonchev–Trinajstić information content (AvgIpc) is 2.31. The van der Waals surface area contributed by atoms with Gasteiger partial charge in [0, 0.05) is 18.5 Å². The fourth-order valence-corrected chi connectivity index (χ4v) is 2.20. The number of rotatable bonds is 2. The Morgan fingerprint density at radius 2 is 2.06 bits per heavy atom. The van der Waals surface area contributed by atoms with Crippen molar-refractivity contribution in [2.24, 2.45) is 0 Å². The smallest absolute Gasteiger partial charge is 0.221 e. The summed E-state index contributed by atoms with van der Waals surface area (Å²) in [6, 6.07) is 0. The maximum atomic E-state index is 6.08. The Labute approximate surface area is 101 Å². The molecule has 2 rings (SSSR count). The van der Waals surface area contributed by atoms with Gasteiger partial charge in [-0.25, -0.2) is 9.97 Å². The van der Waals surface area contributed by atoms with Crippen molar-refractivity contribution in [2.45, 2.75) is 25.1 Å². The Morgan fingerprint density at radius 1 is 1.38 bits per heavy atom. The molecule has 0 N–H and O–H groups in total. The van der Waals surface area contributed by atoms with E-state index in [4.69, 9.17) is 16.3 Å². The van der Waals surface area contributed by atoms with Gasteiger partial charge in [0.15, 0.2) is 0 Å². The summed E-state index contributed by atoms with van der Waals surface area (Å²) in [4.78, 5) is 10.7. The van der Waals surface area contributed by atoms with Crippen molar-refractivity contribution in [3.05, 3.63) is 11.9 Å². The van der Waals surface area contributed by atoms with Gasteiger partial charge < -0.3 is 9.64 Å². The number of alkyl halides is 1. The minimum absolute atomic E-state index is 0.306. The molecule has 2 heterocycles. The fraction of sp³-hybridized carbons (Fsp3) is 0.636. The highest BCUT2D eigenvalue weighted by molar-refractivity contribution is 6.20. The summed E-state index contributed by atoms with van der Waals surface area (Å²) in [6.07, 6.45) is 3.56. The summed E-state index contributed by atoms with van der Waals surface area (Å²) in [5.74, 6) is 1.62. The second-order valence-electron chi connectivity index (χ2n) is 3.99. The van der Waals surface area contributed by atoms with E-state index >= 15 is 0 Å². The molecule has 0 saturated carbocycles. The highest BCUT2D eigenvalue weighted by Crippen LogP contribution is 2.27. The van der Waals surface area contributed by atoms with Gasteiger partial charge in [-0.15, -0.1) is 11.6 Å². The van der Waals surface area contributed by atoms with Crippen LogP contribution in [0.3, 0.4) is 0 Å². The van der Waals surface area contributed by atoms with Crippen LogP contribution in [0.2, 0.25) is 0 Å². The van der Waals surface area contributed by atoms with Gasteiger partial charge in [0.25, 0.3) is 0 Å². The second-order valence-corrected chi connectivity index (χ2v) is 4.61. The van der Waals surface area contributed by atoms with Crippen LogP contribution in [0.5, 0.6) is 5.88 Å². The zero-order valence-corrected chi connectivity index (χ0v) is 10.4. The molecule has 0 spiro atoms. The third-order valence-electron chi connectivity index (χ3n) is 2.93. The second kappa shape index (κ2) is 4.87. The van der Waals surface area contributed by atoms with Gasteiger partial charge in [-0.05, 0) is 19.8 Å². The molecule has 0 atom stereocenters. The molecule has 0 unspecified atom stereocenters. The van der Waals surface area contributed by atoms with E-state index < -0.39 is 0 Å². The van der Waals surface area contributed by atoms with Crippen molar-refractivity contribution in [1.82, 2.24) is 9.97 Å². The first kappa shape index (κ1) is 11.5. The highest BCUT2D eigenvalue weighted by atomic mass is 35.5. The number of ether oxygens (including phenoxy) is 1. The Kier molecular flexibility index (Phi) is 3.49. The molecule has 1 aliphatic rings. The summed E-state index contributed by atoms with van der Waals surface area (Å²) in [5, 5.41) is 0.306. The van der Waals surface area contributed by atoms with Crippen molar-refractivity contribution in [2.75, 3.05) is 25.1 Å². The van der Waals surface area contributed by atoms with E-state index in [-0.39, 0.29) is 0 Å². The van der Waals surface area contributed by atoms with Gasteiger partial charge in [-0.3, -0.25) is 0 Å². The predicted molar refractivity (Wildman–Crippen MR) is 64.4 cm³/mol. The Balaban J connectivity index is 2.20. The number of hydrogen-bond donors (Lipinski definition) is 0. The Morgan fingerprint density at radius 3 is 2.69 bits per heavy atom. The first-order chi connectivity index (χ1) is 7.72. The number of piperidine rings is 1. The van der Waals surface area contributed by atoms with Gasteiger partial charge in [0.1, 0.15) is 12.1 Å². The van der Waals surface area contributed by atoms with Crippen molar-refractivity contribution < 1.29 is 4.74 Å². The predicted octanol–water partition coefficient (Wildman–Crippen LogP) is 2.00. The van der Waals surface area contributed by atoms with Gasteiger partial charge in [0.05, 0.1) is 12.7 Å². The molecule has 0 aliphatic carbocycles. The number of methoxy groups -OCH3 is 1. The molecule has 16 heavy (non-hydrogen) atoms. The van der Waals surface area contributed by atoms with Crippen LogP contribution in [-0.4, -0.2) is 35.5 Å². The monoisotopic (exact) mass is 241 g/mol. The number of anilines is 1. The molecule has 5 heteroatoms. The van der Waals surface area contributed by atoms with Crippen molar-refractivity contribution in [3.63, 3.8) is 0 Å². The SMILES string of the molecule is COc1ncnc(N2CCC(Cl)CC2)c1C. The summed E-state index contributed by atoms with van der Waals surface area (Å²) in [5.41, 5.74) is 0.998. The lowest BCUT2D eigenvalue weighted by molar-refractivity contribution is 0.393. The van der Waals surface area contributed by atoms with Crippen LogP contribution in [0.4, 0.5) is 5.82 Å². The molecule has 0 amide bonds. The Bertz CT molecular complexity index is 364. The number of halogens is 1. The molecule has 88 valence electrons. The van der Waals surface area contributed by atoms with Crippen LogP contribution in [0.15, 0.2) is 6.33 Å². The van der Waals surface area contributed by atoms with E-state index in [0.717, 1.165) is 37.3 Å². The number of hydrogen-bond acceptors (Lipinski definition) is 4. The highest BCUT2D eigenvalue weighted by Gasteiger charge is 2.20. The lowest BCUT2D eigenvalue weighted by Crippen LogP contribution is -2.35. The standard InChI is InChI=1S/C11H16ClN3O/c1-8-10(13-7-14-11(8)16-2)15-5-3-9(12)4-6-15/h7,9H,3-6H2,1-2H3. The van der Waals surface area contributed by atoms with E-state index in [1.54, 1.807) is 13.4 Å². The topological polar surface area (TPSA) is 38.3 Å². The van der Waals surface area contributed by atoms with Crippen LogP contribution in [-0.2, 0) is 0 Å². The first-order valence-corrected chi connectivity index (χ1v) is 5.90. The molecule has 1 aliphatic heterocycles. The molecule has 1 saturated heterocycles. The quantitative estimate of drug-likeness (QED) is 0.743. The van der Waals surface area contributed by atoms with Crippen molar-refractivity contribution in [3.8, 4) is 5.88 Å². The molecule has 1 aromatic rings. The van der Waals surface area contributed by atoms with Crippen LogP contribution in [0.1, 0.15) is 18.4 Å². The molecule has 1 aromatic heterocycles. The van der Waals surface area contributed by atoms with Gasteiger partial charge in [-0.1, -0.05) is 0 Å². The summed E-state index contributed by atoms with van der Waals surface area (Å²) < 4.78 is 5.19. The molecule has 0 bridgehead atoms. The molecule has 0 radical (unpaired) electrons. The van der Waals surface area contributed by atoms with E-state index in [2.05, 4.69) is 14.9 Å². The third-order valence-corrected chi connectivity index (χ3v) is 3.37. The molecule has 1 fully saturated rings. The first-order valence-electron chi connectivity index (χ1n) is 5.47. The molecule has 0 aromatic carbocycles. The molecular formula is C11H16ClN3O. The van der Waals surface area contributed by atoms with Crippen LogP contribution >= 0.6 is 11.6 Å². The fourth-order valence-electron chi connectivity index (χ4n) is 2.01. The van der Waals surface area contributed by atoms with Gasteiger partial charge >= 0.3 is 0 Å². The maximum Gasteiger partial charge on any atom is 0.221 e. The van der Waals surface area contributed by atoms with E-state index in [0.29, 0.717) is 11.3 Å². The maximum absolute atomic E-state index is 6.08. The Hall–Kier alpha value is -1.03. The lowest BCUT2D eigenvalue weighted by Gasteiger charge is -2.31. The minimum Gasteiger partial charge on any atom is -0.481 e. The summed E-state index contributed by atoms with van der Waals surface area (Å²) in [6.45, 7) is 3.89. The normalized spacial score (nSPS) is 17.6. The number of nitrogens with zero attached hydrogens (tertiary/aromatic N) is 3. The lowest BCUT2D eigenvalue weighted by atomic mass is 10.1. The third kappa shape index (κ3) is 2.21. The summed E-state index contributed by atoms with van der Waals surface area (Å²) in [7, 11) is 1.63. The average molecular weight is 242 g/mol. The van der Waals surface area contributed by atoms with Crippen molar-refractivity contribution >= 4 is 17.4 Å². The van der Waals surface area contributed by atoms with Crippen LogP contribution in [0.25, 0.3) is 0 Å². The molecular weight excluding hydrogens is 226 g/mol. The summed E-state index contributed by atoms with van der Waals surface area (Å²) >= 11 is 6.08. The zero-order valence-electron chi connectivity index (χ0n) is 9.61. The van der Waals surface area contributed by atoms with Crippen LogP contribution in [0, 0.1) is 6.92 Å². The zero-order chi connectivity index (χ0) is 11.5. The minimum atomic E-state index is 0.306. The van der Waals surface area contributed by atoms with Gasteiger partial charge in [0.2, 0.25) is 5.88 Å². The molecule has 4 nitrogen and oxygen atoms in total. The van der Waals surface area contributed by atoms with E-state index in [9.17, 15) is 0 Å². The number of aromatic nitrogens is 2. The largest absolute Gasteiger partial charge is 0.481 e.